The molecule has 0 saturated heterocycles. The van der Waals surface area contributed by atoms with Crippen LogP contribution in [-0.4, -0.2) is 51.1 Å². The second kappa shape index (κ2) is 9.17. The summed E-state index contributed by atoms with van der Waals surface area (Å²) in [4.78, 5) is 19.1. The molecule has 0 unspecified atom stereocenters. The van der Waals surface area contributed by atoms with Crippen molar-refractivity contribution in [2.75, 3.05) is 32.6 Å². The lowest BCUT2D eigenvalue weighted by molar-refractivity contribution is -0.0258. The number of carbonyl (C=O) groups is 1. The van der Waals surface area contributed by atoms with E-state index in [0.29, 0.717) is 30.6 Å². The van der Waals surface area contributed by atoms with Gasteiger partial charge in [-0.1, -0.05) is 32.2 Å². The first-order valence-corrected chi connectivity index (χ1v) is 9.71. The van der Waals surface area contributed by atoms with Crippen molar-refractivity contribution in [3.63, 3.8) is 0 Å². The van der Waals surface area contributed by atoms with Gasteiger partial charge >= 0.3 is 6.03 Å². The Hall–Kier alpha value is -1.64. The van der Waals surface area contributed by atoms with Crippen molar-refractivity contribution in [2.24, 2.45) is 11.8 Å². The van der Waals surface area contributed by atoms with Crippen molar-refractivity contribution < 1.29 is 18.0 Å². The molecule has 0 radical (unpaired) electrons. The van der Waals surface area contributed by atoms with Crippen LogP contribution in [0.2, 0.25) is 0 Å². The van der Waals surface area contributed by atoms with E-state index in [1.165, 1.54) is 26.3 Å². The molecule has 0 saturated carbocycles. The average molecular weight is 372 g/mol. The number of benzene rings is 1. The molecule has 0 bridgehead atoms. The molecule has 8 heteroatoms. The van der Waals surface area contributed by atoms with Crippen molar-refractivity contribution in [3.05, 3.63) is 24.3 Å². The summed E-state index contributed by atoms with van der Waals surface area (Å²) in [6, 6.07) is 5.83. The molecule has 25 heavy (non-hydrogen) atoms. The van der Waals surface area contributed by atoms with Crippen molar-refractivity contribution in [1.29, 1.82) is 0 Å². The fourth-order valence-electron chi connectivity index (χ4n) is 2.28. The normalized spacial score (nSPS) is 12.0. The summed E-state index contributed by atoms with van der Waals surface area (Å²) in [5.41, 5.74) is 0.543. The molecule has 1 aromatic rings. The summed E-state index contributed by atoms with van der Waals surface area (Å²) in [5, 5.41) is 2.82. The molecule has 0 aliphatic rings. The van der Waals surface area contributed by atoms with Crippen LogP contribution in [0.5, 0.6) is 0 Å². The summed E-state index contributed by atoms with van der Waals surface area (Å²) in [7, 11) is -1.09. The van der Waals surface area contributed by atoms with Crippen LogP contribution in [0.3, 0.4) is 0 Å². The van der Waals surface area contributed by atoms with Gasteiger partial charge in [0, 0.05) is 25.8 Å². The molecule has 0 aliphatic carbocycles. The van der Waals surface area contributed by atoms with Crippen LogP contribution in [0.4, 0.5) is 10.5 Å². The second-order valence-corrected chi connectivity index (χ2v) is 8.68. The van der Waals surface area contributed by atoms with Gasteiger partial charge in [0.25, 0.3) is 10.0 Å². The summed E-state index contributed by atoms with van der Waals surface area (Å²) < 4.78 is 25.1. The van der Waals surface area contributed by atoms with E-state index in [4.69, 9.17) is 4.84 Å². The molecule has 1 rings (SSSR count). The van der Waals surface area contributed by atoms with Gasteiger partial charge < -0.3 is 10.2 Å². The molecular formula is C17H29N3O4S. The molecule has 0 spiro atoms. The van der Waals surface area contributed by atoms with E-state index < -0.39 is 10.0 Å². The van der Waals surface area contributed by atoms with E-state index in [9.17, 15) is 13.2 Å². The zero-order chi connectivity index (χ0) is 19.2. The highest BCUT2D eigenvalue weighted by atomic mass is 32.2. The average Bonchev–Trinajstić information content (AvgIpc) is 2.53. The van der Waals surface area contributed by atoms with Gasteiger partial charge in [-0.3, -0.25) is 4.84 Å². The van der Waals surface area contributed by atoms with E-state index in [1.807, 2.05) is 0 Å². The highest BCUT2D eigenvalue weighted by molar-refractivity contribution is 7.89. The molecular weight excluding hydrogens is 342 g/mol. The van der Waals surface area contributed by atoms with Crippen molar-refractivity contribution >= 4 is 21.7 Å². The minimum atomic E-state index is -3.69. The standard InChI is InChI=1S/C17H29N3O4S/c1-13(2)11-20(12-14(3)4)17(21)18-15-7-9-16(10-8-15)25(22,23)19(5)24-6/h7-10,13-14H,11-12H2,1-6H3,(H,18,21). The first-order chi connectivity index (χ1) is 11.6. The lowest BCUT2D eigenvalue weighted by Gasteiger charge is -2.26. The smallest absolute Gasteiger partial charge is 0.321 e. The van der Waals surface area contributed by atoms with Crippen LogP contribution >= 0.6 is 0 Å². The monoisotopic (exact) mass is 371 g/mol. The molecule has 7 nitrogen and oxygen atoms in total. The number of amides is 2. The van der Waals surface area contributed by atoms with Crippen molar-refractivity contribution in [1.82, 2.24) is 9.37 Å². The SMILES string of the molecule is CON(C)S(=O)(=O)c1ccc(NC(=O)N(CC(C)C)CC(C)C)cc1. The lowest BCUT2D eigenvalue weighted by Crippen LogP contribution is -2.39. The molecule has 0 fully saturated rings. The van der Waals surface area contributed by atoms with Gasteiger partial charge in [-0.15, -0.1) is 0 Å². The molecule has 1 aromatic carbocycles. The zero-order valence-electron chi connectivity index (χ0n) is 15.8. The first kappa shape index (κ1) is 21.4. The van der Waals surface area contributed by atoms with Crippen LogP contribution in [0, 0.1) is 11.8 Å². The number of hydroxylamine groups is 1. The number of anilines is 1. The molecule has 0 atom stereocenters. The third-order valence-corrected chi connectivity index (χ3v) is 5.15. The number of nitrogens with one attached hydrogen (secondary N) is 1. The predicted molar refractivity (Wildman–Crippen MR) is 98.7 cm³/mol. The molecule has 1 N–H and O–H groups in total. The second-order valence-electron chi connectivity index (χ2n) is 6.74. The fourth-order valence-corrected chi connectivity index (χ4v) is 3.25. The maximum absolute atomic E-state index is 12.5. The quantitative estimate of drug-likeness (QED) is 0.713. The number of hydrogen-bond acceptors (Lipinski definition) is 4. The molecule has 2 amide bonds. The number of nitrogens with zero attached hydrogens (tertiary/aromatic N) is 2. The van der Waals surface area contributed by atoms with Crippen LogP contribution < -0.4 is 5.32 Å². The summed E-state index contributed by atoms with van der Waals surface area (Å²) in [6.45, 7) is 9.57. The Balaban J connectivity index is 2.87. The van der Waals surface area contributed by atoms with Crippen LogP contribution in [0.25, 0.3) is 0 Å². The molecule has 0 aromatic heterocycles. The fraction of sp³-hybridized carbons (Fsp3) is 0.588. The minimum Gasteiger partial charge on any atom is -0.324 e. The van der Waals surface area contributed by atoms with Gasteiger partial charge in [-0.05, 0) is 36.1 Å². The van der Waals surface area contributed by atoms with Crippen molar-refractivity contribution in [3.8, 4) is 0 Å². The van der Waals surface area contributed by atoms with E-state index >= 15 is 0 Å². The van der Waals surface area contributed by atoms with Crippen LogP contribution in [-0.2, 0) is 14.9 Å². The van der Waals surface area contributed by atoms with Gasteiger partial charge in [0.15, 0.2) is 0 Å². The predicted octanol–water partition coefficient (Wildman–Crippen LogP) is 3.01. The number of rotatable bonds is 8. The highest BCUT2D eigenvalue weighted by Crippen LogP contribution is 2.18. The Morgan fingerprint density at radius 3 is 1.96 bits per heavy atom. The van der Waals surface area contributed by atoms with E-state index in [1.54, 1.807) is 17.0 Å². The maximum atomic E-state index is 12.5. The van der Waals surface area contributed by atoms with E-state index in [2.05, 4.69) is 33.0 Å². The Kier molecular flexibility index (Phi) is 7.85. The number of carbonyl (C=O) groups excluding carboxylic acids is 1. The number of sulfonamides is 1. The molecule has 142 valence electrons. The van der Waals surface area contributed by atoms with Gasteiger partial charge in [0.2, 0.25) is 0 Å². The number of hydrogen-bond donors (Lipinski definition) is 1. The summed E-state index contributed by atoms with van der Waals surface area (Å²) >= 11 is 0. The van der Waals surface area contributed by atoms with Crippen LogP contribution in [0.1, 0.15) is 27.7 Å². The summed E-state index contributed by atoms with van der Waals surface area (Å²) in [6.07, 6.45) is 0. The van der Waals surface area contributed by atoms with Gasteiger partial charge in [-0.25, -0.2) is 13.2 Å². The lowest BCUT2D eigenvalue weighted by atomic mass is 10.1. The maximum Gasteiger partial charge on any atom is 0.321 e. The Labute approximate surface area is 151 Å². The Bertz CT molecular complexity index is 647. The Morgan fingerprint density at radius 1 is 1.08 bits per heavy atom. The third kappa shape index (κ3) is 6.30. The van der Waals surface area contributed by atoms with Crippen molar-refractivity contribution in [2.45, 2.75) is 32.6 Å². The van der Waals surface area contributed by atoms with Crippen LogP contribution in [0.15, 0.2) is 29.2 Å². The topological polar surface area (TPSA) is 79.0 Å². The zero-order valence-corrected chi connectivity index (χ0v) is 16.6. The van der Waals surface area contributed by atoms with Gasteiger partial charge in [0.05, 0.1) is 12.0 Å². The van der Waals surface area contributed by atoms with E-state index in [-0.39, 0.29) is 10.9 Å². The minimum absolute atomic E-state index is 0.0936. The number of urea groups is 1. The first-order valence-electron chi connectivity index (χ1n) is 8.27. The molecule has 0 heterocycles. The Morgan fingerprint density at radius 2 is 1.56 bits per heavy atom. The largest absolute Gasteiger partial charge is 0.324 e. The third-order valence-electron chi connectivity index (χ3n) is 3.46. The summed E-state index contributed by atoms with van der Waals surface area (Å²) in [5.74, 6) is 0.725. The van der Waals surface area contributed by atoms with Gasteiger partial charge in [-0.2, -0.15) is 0 Å². The molecule has 0 aliphatic heterocycles. The highest BCUT2D eigenvalue weighted by Gasteiger charge is 2.21. The van der Waals surface area contributed by atoms with Gasteiger partial charge in [0.1, 0.15) is 0 Å². The van der Waals surface area contributed by atoms with E-state index in [0.717, 1.165) is 4.47 Å².